The van der Waals surface area contributed by atoms with Crippen molar-refractivity contribution >= 4 is 55.8 Å². The molecular weight excluding hydrogens is 361 g/mol. The molecule has 0 fully saturated rings. The molecule has 3 aromatic rings. The molecule has 2 heterocycles. The van der Waals surface area contributed by atoms with Crippen LogP contribution in [0, 0.1) is 0 Å². The van der Waals surface area contributed by atoms with Crippen LogP contribution in [0.5, 0.6) is 5.75 Å². The van der Waals surface area contributed by atoms with Gasteiger partial charge in [-0.25, -0.2) is 9.67 Å². The SMILES string of the molecule is CCOc1ccc2nc(NC(=O)Cn3nc(Cl)nc3Cl)sc2c1. The summed E-state index contributed by atoms with van der Waals surface area (Å²) >= 11 is 12.8. The summed E-state index contributed by atoms with van der Waals surface area (Å²) in [5.41, 5.74) is 0.788. The van der Waals surface area contributed by atoms with Crippen LogP contribution < -0.4 is 10.1 Å². The third-order valence-corrected chi connectivity index (χ3v) is 4.18. The molecule has 0 unspecified atom stereocenters. The molecule has 0 radical (unpaired) electrons. The molecule has 23 heavy (non-hydrogen) atoms. The molecule has 10 heteroatoms. The molecule has 0 bridgehead atoms. The fraction of sp³-hybridized carbons (Fsp3) is 0.231. The van der Waals surface area contributed by atoms with Crippen LogP contribution in [-0.2, 0) is 11.3 Å². The van der Waals surface area contributed by atoms with Gasteiger partial charge in [-0.3, -0.25) is 4.79 Å². The Labute approximate surface area is 145 Å². The summed E-state index contributed by atoms with van der Waals surface area (Å²) in [6.45, 7) is 2.41. The zero-order valence-corrected chi connectivity index (χ0v) is 14.2. The number of aromatic nitrogens is 4. The maximum atomic E-state index is 12.0. The Morgan fingerprint density at radius 2 is 2.22 bits per heavy atom. The molecule has 0 aliphatic rings. The van der Waals surface area contributed by atoms with E-state index in [9.17, 15) is 4.79 Å². The van der Waals surface area contributed by atoms with E-state index >= 15 is 0 Å². The number of hydrogen-bond acceptors (Lipinski definition) is 6. The number of anilines is 1. The van der Waals surface area contributed by atoms with Gasteiger partial charge in [0.2, 0.25) is 16.5 Å². The van der Waals surface area contributed by atoms with Crippen molar-refractivity contribution in [3.8, 4) is 5.75 Å². The molecule has 0 saturated heterocycles. The number of carbonyl (C=O) groups excluding carboxylic acids is 1. The molecule has 3 rings (SSSR count). The smallest absolute Gasteiger partial charge is 0.248 e. The maximum absolute atomic E-state index is 12.0. The predicted octanol–water partition coefficient (Wildman–Crippen LogP) is 3.23. The molecule has 1 N–H and O–H groups in total. The molecule has 7 nitrogen and oxygen atoms in total. The van der Waals surface area contributed by atoms with Crippen molar-refractivity contribution in [1.29, 1.82) is 0 Å². The standard InChI is InChI=1S/C13H11Cl2N5O2S/c1-2-22-7-3-4-8-9(5-7)23-13(16-8)17-10(21)6-20-12(15)18-11(14)19-20/h3-5H,2,6H2,1H3,(H,16,17,21). The Morgan fingerprint density at radius 3 is 2.91 bits per heavy atom. The van der Waals surface area contributed by atoms with Crippen molar-refractivity contribution in [3.05, 3.63) is 28.8 Å². The third-order valence-electron chi connectivity index (χ3n) is 2.81. The van der Waals surface area contributed by atoms with Crippen molar-refractivity contribution in [2.75, 3.05) is 11.9 Å². The zero-order chi connectivity index (χ0) is 16.4. The Bertz CT molecular complexity index is 863. The van der Waals surface area contributed by atoms with Crippen LogP contribution in [0.4, 0.5) is 5.13 Å². The molecule has 0 saturated carbocycles. The lowest BCUT2D eigenvalue weighted by Crippen LogP contribution is -2.19. The highest BCUT2D eigenvalue weighted by molar-refractivity contribution is 7.22. The number of fused-ring (bicyclic) bond motifs is 1. The fourth-order valence-electron chi connectivity index (χ4n) is 1.91. The minimum Gasteiger partial charge on any atom is -0.494 e. The van der Waals surface area contributed by atoms with Crippen molar-refractivity contribution < 1.29 is 9.53 Å². The van der Waals surface area contributed by atoms with Gasteiger partial charge in [0.25, 0.3) is 0 Å². The predicted molar refractivity (Wildman–Crippen MR) is 89.5 cm³/mol. The topological polar surface area (TPSA) is 81.9 Å². The number of hydrogen-bond donors (Lipinski definition) is 1. The summed E-state index contributed by atoms with van der Waals surface area (Å²) in [7, 11) is 0. The van der Waals surface area contributed by atoms with Gasteiger partial charge in [-0.1, -0.05) is 11.3 Å². The summed E-state index contributed by atoms with van der Waals surface area (Å²) < 4.78 is 7.58. The minimum absolute atomic E-state index is 0.00811. The molecular formula is C13H11Cl2N5O2S. The Morgan fingerprint density at radius 1 is 1.39 bits per heavy atom. The van der Waals surface area contributed by atoms with E-state index in [1.807, 2.05) is 25.1 Å². The first-order chi connectivity index (χ1) is 11.0. The van der Waals surface area contributed by atoms with Crippen molar-refractivity contribution in [2.24, 2.45) is 0 Å². The van der Waals surface area contributed by atoms with E-state index in [4.69, 9.17) is 27.9 Å². The lowest BCUT2D eigenvalue weighted by Gasteiger charge is -2.01. The quantitative estimate of drug-likeness (QED) is 0.744. The van der Waals surface area contributed by atoms with Gasteiger partial charge in [0.15, 0.2) is 5.13 Å². The number of thiazole rings is 1. The Balaban J connectivity index is 1.73. The van der Waals surface area contributed by atoms with Crippen molar-refractivity contribution in [3.63, 3.8) is 0 Å². The lowest BCUT2D eigenvalue weighted by molar-refractivity contribution is -0.116. The van der Waals surface area contributed by atoms with Crippen LogP contribution in [0.3, 0.4) is 0 Å². The van der Waals surface area contributed by atoms with E-state index in [0.29, 0.717) is 11.7 Å². The highest BCUT2D eigenvalue weighted by atomic mass is 35.5. The Kier molecular flexibility index (Phi) is 4.65. The summed E-state index contributed by atoms with van der Waals surface area (Å²) in [4.78, 5) is 20.1. The van der Waals surface area contributed by atoms with E-state index < -0.39 is 0 Å². The summed E-state index contributed by atoms with van der Waals surface area (Å²) in [5, 5.41) is 7.05. The first kappa shape index (κ1) is 16.0. The number of nitrogens with zero attached hydrogens (tertiary/aromatic N) is 4. The first-order valence-corrected chi connectivity index (χ1v) is 8.21. The van der Waals surface area contributed by atoms with Crippen LogP contribution in [0.1, 0.15) is 6.92 Å². The molecule has 2 aromatic heterocycles. The van der Waals surface area contributed by atoms with Gasteiger partial charge >= 0.3 is 0 Å². The van der Waals surface area contributed by atoms with E-state index in [1.165, 1.54) is 16.0 Å². The zero-order valence-electron chi connectivity index (χ0n) is 11.9. The van der Waals surface area contributed by atoms with Gasteiger partial charge in [0, 0.05) is 0 Å². The highest BCUT2D eigenvalue weighted by Crippen LogP contribution is 2.29. The van der Waals surface area contributed by atoms with Gasteiger partial charge in [0.05, 0.1) is 16.8 Å². The van der Waals surface area contributed by atoms with Crippen LogP contribution in [-0.4, -0.2) is 32.3 Å². The Hall–Kier alpha value is -1.90. The largest absolute Gasteiger partial charge is 0.494 e. The van der Waals surface area contributed by atoms with Gasteiger partial charge in [-0.15, -0.1) is 5.10 Å². The highest BCUT2D eigenvalue weighted by Gasteiger charge is 2.13. The number of amides is 1. The van der Waals surface area contributed by atoms with E-state index in [1.54, 1.807) is 0 Å². The van der Waals surface area contributed by atoms with Crippen LogP contribution in [0.25, 0.3) is 10.2 Å². The molecule has 0 spiro atoms. The van der Waals surface area contributed by atoms with Gasteiger partial charge in [-0.2, -0.15) is 4.98 Å². The molecule has 0 aliphatic heterocycles. The number of carbonyl (C=O) groups is 1. The normalized spacial score (nSPS) is 10.9. The van der Waals surface area contributed by atoms with Crippen molar-refractivity contribution in [2.45, 2.75) is 13.5 Å². The molecule has 0 aliphatic carbocycles. The summed E-state index contributed by atoms with van der Waals surface area (Å²) in [6, 6.07) is 5.58. The number of nitrogens with one attached hydrogen (secondary N) is 1. The second kappa shape index (κ2) is 6.69. The second-order valence-electron chi connectivity index (χ2n) is 4.44. The number of benzene rings is 1. The summed E-state index contributed by atoms with van der Waals surface area (Å²) in [6.07, 6.45) is 0. The van der Waals surface area contributed by atoms with Gasteiger partial charge < -0.3 is 10.1 Å². The van der Waals surface area contributed by atoms with Gasteiger partial charge in [0.1, 0.15) is 12.3 Å². The van der Waals surface area contributed by atoms with Gasteiger partial charge in [-0.05, 0) is 48.3 Å². The minimum atomic E-state index is -0.322. The third kappa shape index (κ3) is 3.72. The average Bonchev–Trinajstić information content (AvgIpc) is 3.01. The van der Waals surface area contributed by atoms with Crippen LogP contribution >= 0.6 is 34.5 Å². The fourth-order valence-corrected chi connectivity index (χ4v) is 3.21. The molecule has 1 aromatic carbocycles. The monoisotopic (exact) mass is 371 g/mol. The van der Waals surface area contributed by atoms with E-state index in [0.717, 1.165) is 16.0 Å². The summed E-state index contributed by atoms with van der Waals surface area (Å²) in [5.74, 6) is 0.447. The van der Waals surface area contributed by atoms with Crippen LogP contribution in [0.2, 0.25) is 10.6 Å². The molecule has 120 valence electrons. The van der Waals surface area contributed by atoms with Crippen LogP contribution in [0.15, 0.2) is 18.2 Å². The number of ether oxygens (including phenoxy) is 1. The average molecular weight is 372 g/mol. The number of halogens is 2. The van der Waals surface area contributed by atoms with E-state index in [2.05, 4.69) is 20.4 Å². The van der Waals surface area contributed by atoms with E-state index in [-0.39, 0.29) is 23.0 Å². The number of rotatable bonds is 5. The molecule has 1 amide bonds. The maximum Gasteiger partial charge on any atom is 0.248 e. The second-order valence-corrected chi connectivity index (χ2v) is 6.14. The lowest BCUT2D eigenvalue weighted by atomic mass is 10.3. The van der Waals surface area contributed by atoms with Crippen molar-refractivity contribution in [1.82, 2.24) is 19.7 Å². The molecule has 0 atom stereocenters. The first-order valence-electron chi connectivity index (χ1n) is 6.64.